The molecule has 2 nitrogen and oxygen atoms in total. The van der Waals surface area contributed by atoms with Crippen LogP contribution in [-0.4, -0.2) is 71.9 Å². The van der Waals surface area contributed by atoms with Crippen molar-refractivity contribution < 1.29 is 9.90 Å². The Morgan fingerprint density at radius 3 is 2.00 bits per heavy atom. The van der Waals surface area contributed by atoms with Crippen LogP contribution in [0.25, 0.3) is 0 Å². The van der Waals surface area contributed by atoms with Gasteiger partial charge >= 0.3 is 66.8 Å². The van der Waals surface area contributed by atoms with Crippen molar-refractivity contribution >= 4 is 66.8 Å². The number of hydrogen-bond acceptors (Lipinski definition) is 1. The van der Waals surface area contributed by atoms with E-state index in [9.17, 15) is 4.79 Å². The zero-order valence-corrected chi connectivity index (χ0v) is 3.77. The summed E-state index contributed by atoms with van der Waals surface area (Å²) in [5.41, 5.74) is 0. The van der Waals surface area contributed by atoms with E-state index in [1.165, 1.54) is 0 Å². The number of carboxylic acid groups (broad SMARTS) is 1. The molecule has 0 spiro atoms. The molecule has 0 saturated carbocycles. The van der Waals surface area contributed by atoms with E-state index in [4.69, 9.17) is 5.11 Å². The third-order valence-electron chi connectivity index (χ3n) is 0.464. The zero-order valence-electron chi connectivity index (χ0n) is 3.77. The van der Waals surface area contributed by atoms with Crippen molar-refractivity contribution in [1.29, 1.82) is 0 Å². The van der Waals surface area contributed by atoms with Crippen LogP contribution in [0.15, 0.2) is 0 Å². The second-order valence-electron chi connectivity index (χ2n) is 1.14. The standard InChI is InChI=1S/C4H8O2.Ca.Mg.4H/c1-2-3-4(5)6;;;;;;/h2-3H2,1H3,(H,5,6);;;;;;. The first kappa shape index (κ1) is 16.2. The van der Waals surface area contributed by atoms with Gasteiger partial charge in [-0.15, -0.1) is 0 Å². The molecule has 0 amide bonds. The van der Waals surface area contributed by atoms with Gasteiger partial charge in [-0.3, -0.25) is 4.79 Å². The molecule has 0 aromatic carbocycles. The molecule has 0 bridgehead atoms. The molecule has 0 aromatic heterocycles. The Morgan fingerprint density at radius 2 is 2.00 bits per heavy atom. The van der Waals surface area contributed by atoms with Crippen LogP contribution in [0.4, 0.5) is 0 Å². The molecule has 1 N–H and O–H groups in total. The van der Waals surface area contributed by atoms with Gasteiger partial charge in [-0.05, 0) is 6.42 Å². The van der Waals surface area contributed by atoms with Crippen LogP contribution in [0.2, 0.25) is 0 Å². The number of carboxylic acids is 1. The van der Waals surface area contributed by atoms with Crippen LogP contribution < -0.4 is 0 Å². The van der Waals surface area contributed by atoms with Gasteiger partial charge < -0.3 is 5.11 Å². The molecule has 0 rings (SSSR count). The van der Waals surface area contributed by atoms with Gasteiger partial charge in [-0.1, -0.05) is 6.92 Å². The second-order valence-corrected chi connectivity index (χ2v) is 1.14. The van der Waals surface area contributed by atoms with Crippen molar-refractivity contribution in [1.82, 2.24) is 0 Å². The van der Waals surface area contributed by atoms with Gasteiger partial charge in [0, 0.05) is 6.42 Å². The number of hydrogen-bond donors (Lipinski definition) is 1. The minimum Gasteiger partial charge on any atom is 0.316 e. The largest absolute Gasteiger partial charge is 0.316 e. The monoisotopic (exact) mass is 156 g/mol. The molecule has 0 unspecified atom stereocenters. The molecule has 4 heteroatoms. The first-order valence-electron chi connectivity index (χ1n) is 1.99. The Hall–Kier alpha value is 1.50. The van der Waals surface area contributed by atoms with E-state index < -0.39 is 5.97 Å². The Bertz CT molecular complexity index is 58.0. The summed E-state index contributed by atoms with van der Waals surface area (Å²) in [7, 11) is 0. The van der Waals surface area contributed by atoms with Gasteiger partial charge in [-0.25, -0.2) is 0 Å². The van der Waals surface area contributed by atoms with Gasteiger partial charge in [0.25, 0.3) is 0 Å². The topological polar surface area (TPSA) is 37.3 Å². The molecule has 0 aromatic rings. The maximum absolute atomic E-state index is 9.60. The van der Waals surface area contributed by atoms with Crippen LogP contribution in [0, 0.1) is 0 Å². The van der Waals surface area contributed by atoms with Crippen molar-refractivity contribution in [2.75, 3.05) is 0 Å². The zero-order chi connectivity index (χ0) is 4.99. The van der Waals surface area contributed by atoms with Crippen molar-refractivity contribution in [3.63, 3.8) is 0 Å². The van der Waals surface area contributed by atoms with E-state index in [0.29, 0.717) is 6.42 Å². The van der Waals surface area contributed by atoms with E-state index in [2.05, 4.69) is 0 Å². The molecule has 44 valence electrons. The first-order valence-corrected chi connectivity index (χ1v) is 1.99. The van der Waals surface area contributed by atoms with Gasteiger partial charge in [0.2, 0.25) is 0 Å². The number of carbonyl (C=O) groups is 1. The fraction of sp³-hybridized carbons (Fsp3) is 0.750. The van der Waals surface area contributed by atoms with Crippen LogP contribution in [0.3, 0.4) is 0 Å². The Balaban J connectivity index is -0.000000125. The van der Waals surface area contributed by atoms with Crippen molar-refractivity contribution in [2.24, 2.45) is 0 Å². The molecule has 0 radical (unpaired) electrons. The molecule has 0 fully saturated rings. The molecule has 0 atom stereocenters. The van der Waals surface area contributed by atoms with Crippen molar-refractivity contribution in [3.8, 4) is 0 Å². The Morgan fingerprint density at radius 1 is 1.62 bits per heavy atom. The molecular weight excluding hydrogens is 144 g/mol. The van der Waals surface area contributed by atoms with Crippen LogP contribution in [-0.2, 0) is 4.79 Å². The smallest absolute Gasteiger partial charge is 0.316 e. The predicted molar refractivity (Wildman–Crippen MR) is 39.6 cm³/mol. The van der Waals surface area contributed by atoms with E-state index in [-0.39, 0.29) is 60.8 Å². The van der Waals surface area contributed by atoms with Crippen LogP contribution in [0.1, 0.15) is 19.8 Å². The quantitative estimate of drug-likeness (QED) is 0.523. The van der Waals surface area contributed by atoms with Crippen LogP contribution in [0.5, 0.6) is 0 Å². The minimum atomic E-state index is -0.711. The third-order valence-corrected chi connectivity index (χ3v) is 0.464. The van der Waals surface area contributed by atoms with Gasteiger partial charge in [0.05, 0.1) is 0 Å². The van der Waals surface area contributed by atoms with E-state index >= 15 is 0 Å². The van der Waals surface area contributed by atoms with Crippen molar-refractivity contribution in [2.45, 2.75) is 19.8 Å². The summed E-state index contributed by atoms with van der Waals surface area (Å²) in [5.74, 6) is -0.711. The van der Waals surface area contributed by atoms with E-state index in [1.54, 1.807) is 0 Å². The molecule has 0 saturated heterocycles. The van der Waals surface area contributed by atoms with Crippen molar-refractivity contribution in [3.05, 3.63) is 0 Å². The molecule has 0 heterocycles. The maximum atomic E-state index is 9.60. The third kappa shape index (κ3) is 15.6. The summed E-state index contributed by atoms with van der Waals surface area (Å²) in [6, 6.07) is 0. The van der Waals surface area contributed by atoms with Gasteiger partial charge in [-0.2, -0.15) is 0 Å². The normalized spacial score (nSPS) is 6.12. The summed E-state index contributed by atoms with van der Waals surface area (Å²) >= 11 is 0. The average Bonchev–Trinajstić information content (AvgIpc) is 1.35. The van der Waals surface area contributed by atoms with E-state index in [1.807, 2.05) is 6.92 Å². The van der Waals surface area contributed by atoms with Gasteiger partial charge in [0.15, 0.2) is 0 Å². The average molecular weight is 157 g/mol. The SMILES string of the molecule is CCCC(=O)O.[CaH2].[MgH2]. The molecule has 0 aliphatic carbocycles. The fourth-order valence-corrected chi connectivity index (χ4v) is 0.214. The number of rotatable bonds is 2. The minimum absolute atomic E-state index is 0. The fourth-order valence-electron chi connectivity index (χ4n) is 0.214. The Labute approximate surface area is 95.2 Å². The predicted octanol–water partition coefficient (Wildman–Crippen LogP) is -0.961. The Kier molecular flexibility index (Phi) is 23.0. The summed E-state index contributed by atoms with van der Waals surface area (Å²) in [6.07, 6.45) is 1.02. The first-order chi connectivity index (χ1) is 2.77. The second kappa shape index (κ2) is 11.3. The molecule has 0 aliphatic rings. The van der Waals surface area contributed by atoms with Crippen LogP contribution >= 0.6 is 0 Å². The summed E-state index contributed by atoms with van der Waals surface area (Å²) in [4.78, 5) is 9.60. The summed E-state index contributed by atoms with van der Waals surface area (Å²) in [6.45, 7) is 1.84. The van der Waals surface area contributed by atoms with Gasteiger partial charge in [0.1, 0.15) is 0 Å². The molecule has 0 aliphatic heterocycles. The summed E-state index contributed by atoms with van der Waals surface area (Å²) in [5, 5.41) is 7.91. The molecule has 8 heavy (non-hydrogen) atoms. The number of aliphatic carboxylic acids is 1. The molecular formula is C4H12CaMgO2. The summed E-state index contributed by atoms with van der Waals surface area (Å²) < 4.78 is 0. The van der Waals surface area contributed by atoms with E-state index in [0.717, 1.165) is 6.42 Å². The maximum Gasteiger partial charge on any atom is 0.316 e.